The first-order chi connectivity index (χ1) is 15.0. The maximum atomic E-state index is 12.8. The second-order valence-corrected chi connectivity index (χ2v) is 11.5. The number of benzene rings is 2. The summed E-state index contributed by atoms with van der Waals surface area (Å²) in [5.74, 6) is -0.564. The molecule has 174 valence electrons. The minimum Gasteiger partial charge on any atom is -0.379 e. The van der Waals surface area contributed by atoms with Crippen molar-refractivity contribution in [3.63, 3.8) is 0 Å². The molecule has 1 aliphatic rings. The Kier molecular flexibility index (Phi) is 7.46. The molecule has 0 bridgehead atoms. The Balaban J connectivity index is 1.80. The van der Waals surface area contributed by atoms with Crippen LogP contribution in [0.2, 0.25) is 5.02 Å². The lowest BCUT2D eigenvalue weighted by Crippen LogP contribution is -2.40. The first-order valence-corrected chi connectivity index (χ1v) is 13.4. The molecule has 1 fully saturated rings. The van der Waals surface area contributed by atoms with Crippen LogP contribution in [-0.4, -0.2) is 66.2 Å². The molecule has 0 atom stereocenters. The molecule has 1 aliphatic heterocycles. The van der Waals surface area contributed by atoms with E-state index in [-0.39, 0.29) is 23.7 Å². The van der Waals surface area contributed by atoms with E-state index in [1.807, 2.05) is 0 Å². The molecule has 32 heavy (non-hydrogen) atoms. The Morgan fingerprint density at radius 3 is 2.31 bits per heavy atom. The molecule has 1 heterocycles. The standard InChI is InChI=1S/C20H24ClN3O6S2/c1-15-18(21)4-3-5-19(15)22-20(25)14-24(31(2,26)27)16-6-8-17(9-7-16)32(28,29)23-10-12-30-13-11-23/h3-9H,10-14H2,1-2H3,(H,22,25). The molecular formula is C20H24ClN3O6S2. The van der Waals surface area contributed by atoms with Crippen LogP contribution in [0.3, 0.4) is 0 Å². The number of nitrogens with one attached hydrogen (secondary N) is 1. The van der Waals surface area contributed by atoms with Crippen LogP contribution in [0.15, 0.2) is 47.4 Å². The predicted molar refractivity (Wildman–Crippen MR) is 123 cm³/mol. The number of hydrogen-bond acceptors (Lipinski definition) is 6. The summed E-state index contributed by atoms with van der Waals surface area (Å²) in [7, 11) is -7.54. The average molecular weight is 502 g/mol. The van der Waals surface area contributed by atoms with Gasteiger partial charge in [-0.1, -0.05) is 17.7 Å². The van der Waals surface area contributed by atoms with Crippen LogP contribution >= 0.6 is 11.6 Å². The molecule has 1 amide bonds. The van der Waals surface area contributed by atoms with Gasteiger partial charge in [-0.25, -0.2) is 16.8 Å². The quantitative estimate of drug-likeness (QED) is 0.621. The zero-order valence-corrected chi connectivity index (χ0v) is 20.0. The summed E-state index contributed by atoms with van der Waals surface area (Å²) < 4.78 is 57.7. The molecule has 0 unspecified atom stereocenters. The van der Waals surface area contributed by atoms with E-state index in [4.69, 9.17) is 16.3 Å². The van der Waals surface area contributed by atoms with Crippen LogP contribution in [0, 0.1) is 6.92 Å². The lowest BCUT2D eigenvalue weighted by atomic mass is 10.2. The fraction of sp³-hybridized carbons (Fsp3) is 0.350. The molecular weight excluding hydrogens is 478 g/mol. The summed E-state index contributed by atoms with van der Waals surface area (Å²) in [6.45, 7) is 2.40. The lowest BCUT2D eigenvalue weighted by Gasteiger charge is -2.26. The van der Waals surface area contributed by atoms with Crippen LogP contribution in [0.4, 0.5) is 11.4 Å². The SMILES string of the molecule is Cc1c(Cl)cccc1NC(=O)CN(c1ccc(S(=O)(=O)N2CCOCC2)cc1)S(C)(=O)=O. The number of halogens is 1. The summed E-state index contributed by atoms with van der Waals surface area (Å²) in [5, 5.41) is 3.13. The molecule has 9 nitrogen and oxygen atoms in total. The van der Waals surface area contributed by atoms with Gasteiger partial charge in [0.05, 0.1) is 30.1 Å². The molecule has 1 saturated heterocycles. The average Bonchev–Trinajstić information content (AvgIpc) is 2.75. The van der Waals surface area contributed by atoms with Crippen molar-refractivity contribution in [2.75, 3.05) is 48.7 Å². The number of nitrogens with zero attached hydrogens (tertiary/aromatic N) is 2. The number of amides is 1. The van der Waals surface area contributed by atoms with Gasteiger partial charge >= 0.3 is 0 Å². The van der Waals surface area contributed by atoms with Crippen molar-refractivity contribution in [1.29, 1.82) is 0 Å². The smallest absolute Gasteiger partial charge is 0.245 e. The Hall–Kier alpha value is -2.18. The van der Waals surface area contributed by atoms with E-state index in [0.717, 1.165) is 10.6 Å². The number of carbonyl (C=O) groups excluding carboxylic acids is 1. The fourth-order valence-electron chi connectivity index (χ4n) is 3.18. The highest BCUT2D eigenvalue weighted by atomic mass is 35.5. The van der Waals surface area contributed by atoms with Gasteiger partial charge in [-0.2, -0.15) is 4.31 Å². The van der Waals surface area contributed by atoms with Crippen molar-refractivity contribution >= 4 is 48.9 Å². The second kappa shape index (κ2) is 9.75. The maximum Gasteiger partial charge on any atom is 0.245 e. The summed E-state index contributed by atoms with van der Waals surface area (Å²) in [6.07, 6.45) is 0.975. The number of rotatable bonds is 7. The van der Waals surface area contributed by atoms with E-state index in [1.54, 1.807) is 25.1 Å². The van der Waals surface area contributed by atoms with Gasteiger partial charge in [0, 0.05) is 23.8 Å². The molecule has 3 rings (SSSR count). The van der Waals surface area contributed by atoms with E-state index >= 15 is 0 Å². The maximum absolute atomic E-state index is 12.8. The van der Waals surface area contributed by atoms with Crippen molar-refractivity contribution in [2.24, 2.45) is 0 Å². The van der Waals surface area contributed by atoms with E-state index in [0.29, 0.717) is 29.5 Å². The fourth-order valence-corrected chi connectivity index (χ4v) is 5.62. The van der Waals surface area contributed by atoms with Crippen LogP contribution in [0.1, 0.15) is 5.56 Å². The van der Waals surface area contributed by atoms with Crippen molar-refractivity contribution < 1.29 is 26.4 Å². The summed E-state index contributed by atoms with van der Waals surface area (Å²) in [4.78, 5) is 12.6. The Morgan fingerprint density at radius 2 is 1.72 bits per heavy atom. The second-order valence-electron chi connectivity index (χ2n) is 7.24. The highest BCUT2D eigenvalue weighted by Gasteiger charge is 2.27. The van der Waals surface area contributed by atoms with Crippen molar-refractivity contribution in [2.45, 2.75) is 11.8 Å². The molecule has 0 radical (unpaired) electrons. The van der Waals surface area contributed by atoms with Gasteiger partial charge < -0.3 is 10.1 Å². The van der Waals surface area contributed by atoms with Crippen LogP contribution in [0.25, 0.3) is 0 Å². The topological polar surface area (TPSA) is 113 Å². The Morgan fingerprint density at radius 1 is 1.09 bits per heavy atom. The van der Waals surface area contributed by atoms with Crippen molar-refractivity contribution in [3.8, 4) is 0 Å². The van der Waals surface area contributed by atoms with E-state index in [9.17, 15) is 21.6 Å². The zero-order valence-electron chi connectivity index (χ0n) is 17.6. The number of sulfonamides is 2. The molecule has 1 N–H and O–H groups in total. The minimum atomic E-state index is -3.82. The molecule has 2 aromatic carbocycles. The van der Waals surface area contributed by atoms with E-state index in [1.165, 1.54) is 28.6 Å². The van der Waals surface area contributed by atoms with Crippen molar-refractivity contribution in [3.05, 3.63) is 53.1 Å². The largest absolute Gasteiger partial charge is 0.379 e. The highest BCUT2D eigenvalue weighted by molar-refractivity contribution is 7.92. The molecule has 2 aromatic rings. The number of morpholine rings is 1. The van der Waals surface area contributed by atoms with Crippen LogP contribution in [-0.2, 0) is 29.6 Å². The van der Waals surface area contributed by atoms with Gasteiger partial charge in [0.25, 0.3) is 0 Å². The summed E-state index contributed by atoms with van der Waals surface area (Å²) >= 11 is 6.06. The first kappa shape index (κ1) is 24.5. The summed E-state index contributed by atoms with van der Waals surface area (Å²) in [6, 6.07) is 10.4. The number of ether oxygens (including phenoxy) is 1. The normalized spacial score (nSPS) is 15.3. The van der Waals surface area contributed by atoms with Crippen molar-refractivity contribution in [1.82, 2.24) is 4.31 Å². The van der Waals surface area contributed by atoms with E-state index < -0.39 is 32.5 Å². The third kappa shape index (κ3) is 5.59. The molecule has 0 saturated carbocycles. The Labute approximate surface area is 193 Å². The van der Waals surface area contributed by atoms with Gasteiger partial charge in [0.1, 0.15) is 6.54 Å². The summed E-state index contributed by atoms with van der Waals surface area (Å²) in [5.41, 5.74) is 1.31. The predicted octanol–water partition coefficient (Wildman–Crippen LogP) is 2.07. The third-order valence-electron chi connectivity index (χ3n) is 4.96. The van der Waals surface area contributed by atoms with Gasteiger partial charge in [-0.3, -0.25) is 9.10 Å². The monoisotopic (exact) mass is 501 g/mol. The molecule has 0 aliphatic carbocycles. The number of anilines is 2. The van der Waals surface area contributed by atoms with Gasteiger partial charge in [0.15, 0.2) is 0 Å². The highest BCUT2D eigenvalue weighted by Crippen LogP contribution is 2.25. The minimum absolute atomic E-state index is 0.0376. The van der Waals surface area contributed by atoms with Crippen LogP contribution in [0.5, 0.6) is 0 Å². The lowest BCUT2D eigenvalue weighted by molar-refractivity contribution is -0.114. The zero-order chi connectivity index (χ0) is 23.5. The van der Waals surface area contributed by atoms with Gasteiger partial charge in [0.2, 0.25) is 26.0 Å². The van der Waals surface area contributed by atoms with E-state index in [2.05, 4.69) is 5.32 Å². The third-order valence-corrected chi connectivity index (χ3v) is 8.42. The first-order valence-electron chi connectivity index (χ1n) is 9.71. The van der Waals surface area contributed by atoms with Gasteiger partial charge in [-0.15, -0.1) is 0 Å². The van der Waals surface area contributed by atoms with Gasteiger partial charge in [-0.05, 0) is 48.9 Å². The number of carbonyl (C=O) groups is 1. The molecule has 12 heteroatoms. The molecule has 0 spiro atoms. The Bertz CT molecular complexity index is 1190. The number of hydrogen-bond donors (Lipinski definition) is 1. The molecule has 0 aromatic heterocycles. The van der Waals surface area contributed by atoms with Crippen LogP contribution < -0.4 is 9.62 Å².